The third-order valence-corrected chi connectivity index (χ3v) is 3.01. The molecule has 1 amide bonds. The van der Waals surface area contributed by atoms with Gasteiger partial charge in [0.15, 0.2) is 0 Å². The number of amides is 1. The van der Waals surface area contributed by atoms with Crippen molar-refractivity contribution in [1.29, 1.82) is 0 Å². The number of benzene rings is 1. The fourth-order valence-corrected chi connectivity index (χ4v) is 1.84. The Balaban J connectivity index is 0.000000763. The van der Waals surface area contributed by atoms with Crippen molar-refractivity contribution in [2.24, 2.45) is 0 Å². The van der Waals surface area contributed by atoms with Crippen LogP contribution in [0.5, 0.6) is 0 Å². The molecule has 0 saturated heterocycles. The molecule has 0 atom stereocenters. The predicted octanol–water partition coefficient (Wildman–Crippen LogP) is 2.38. The van der Waals surface area contributed by atoms with Crippen molar-refractivity contribution in [2.45, 2.75) is 27.7 Å². The molecule has 0 aliphatic carbocycles. The van der Waals surface area contributed by atoms with Gasteiger partial charge in [-0.15, -0.1) is 0 Å². The maximum Gasteiger partial charge on any atom is 0.322 e. The number of likely N-dealkylation sites (N-methyl/N-ethyl adjacent to an activating group) is 1. The Morgan fingerprint density at radius 1 is 1.18 bits per heavy atom. The van der Waals surface area contributed by atoms with Gasteiger partial charge in [0.05, 0.1) is 6.54 Å². The Morgan fingerprint density at radius 2 is 1.59 bits per heavy atom. The summed E-state index contributed by atoms with van der Waals surface area (Å²) in [5, 5.41) is 3.00. The number of hydrogen-bond acceptors (Lipinski definition) is 3. The minimum atomic E-state index is -3.64. The van der Waals surface area contributed by atoms with Crippen molar-refractivity contribution in [3.8, 4) is 0 Å². The topological polar surface area (TPSA) is 89.9 Å². The van der Waals surface area contributed by atoms with Gasteiger partial charge >= 0.3 is 7.60 Å². The van der Waals surface area contributed by atoms with Crippen LogP contribution in [0.4, 0.5) is 5.69 Å². The normalized spacial score (nSPS) is 10.9. The van der Waals surface area contributed by atoms with Gasteiger partial charge in [-0.1, -0.05) is 32.0 Å². The molecule has 0 saturated carbocycles. The van der Waals surface area contributed by atoms with E-state index in [1.165, 1.54) is 0 Å². The van der Waals surface area contributed by atoms with Gasteiger partial charge in [0.25, 0.3) is 0 Å². The number of nitrogens with one attached hydrogen (secondary N) is 1. The number of carbonyl (C=O) groups is 1. The monoisotopic (exact) mass is 330 g/mol. The molecule has 0 aromatic heterocycles. The first-order valence-corrected chi connectivity index (χ1v) is 9.25. The van der Waals surface area contributed by atoms with Crippen LogP contribution >= 0.6 is 7.60 Å². The molecule has 126 valence electrons. The molecule has 0 bridgehead atoms. The van der Waals surface area contributed by atoms with Crippen molar-refractivity contribution in [3.63, 3.8) is 0 Å². The molecule has 0 fully saturated rings. The predicted molar refractivity (Wildman–Crippen MR) is 90.3 cm³/mol. The Hall–Kier alpha value is -1.20. The minimum Gasteiger partial charge on any atom is -0.325 e. The molecule has 0 aliphatic heterocycles. The number of carbonyl (C=O) groups excluding carboxylic acids is 1. The zero-order valence-electron chi connectivity index (χ0n) is 14.0. The molecule has 1 aromatic rings. The van der Waals surface area contributed by atoms with E-state index in [1.54, 1.807) is 0 Å². The highest BCUT2D eigenvalue weighted by molar-refractivity contribution is 7.50. The first kappa shape index (κ1) is 20.8. The molecule has 22 heavy (non-hydrogen) atoms. The van der Waals surface area contributed by atoms with Crippen LogP contribution in [0.3, 0.4) is 0 Å². The molecule has 1 aromatic carbocycles. The number of hydrogen-bond donors (Lipinski definition) is 3. The van der Waals surface area contributed by atoms with E-state index in [0.717, 1.165) is 36.6 Å². The highest BCUT2D eigenvalue weighted by Gasteiger charge is 2.09. The average Bonchev–Trinajstić information content (AvgIpc) is 2.38. The minimum absolute atomic E-state index is 0.0612. The standard InChI is InChI=1S/C14H22N2O.CH5O3P/c1-5-16(6-2)10-13(17)15-14-11(3)8-7-9-12(14)4;1-5(2,3)4/h7-9H,5-6,10H2,1-4H3,(H,15,17);1H3,(H2,2,3,4). The van der Waals surface area contributed by atoms with Crippen LogP contribution < -0.4 is 5.32 Å². The van der Waals surface area contributed by atoms with E-state index < -0.39 is 7.60 Å². The highest BCUT2D eigenvalue weighted by atomic mass is 31.2. The van der Waals surface area contributed by atoms with Crippen LogP contribution in [0.1, 0.15) is 25.0 Å². The fraction of sp³-hybridized carbons (Fsp3) is 0.533. The Bertz CT molecular complexity index is 496. The molecule has 0 heterocycles. The Morgan fingerprint density at radius 3 is 1.95 bits per heavy atom. The summed E-state index contributed by atoms with van der Waals surface area (Å²) in [6.07, 6.45) is 0. The quantitative estimate of drug-likeness (QED) is 0.721. The number of rotatable bonds is 5. The lowest BCUT2D eigenvalue weighted by atomic mass is 10.1. The second kappa shape index (κ2) is 9.74. The summed E-state index contributed by atoms with van der Waals surface area (Å²) in [4.78, 5) is 29.3. The summed E-state index contributed by atoms with van der Waals surface area (Å²) in [5.41, 5.74) is 3.17. The highest BCUT2D eigenvalue weighted by Crippen LogP contribution is 2.26. The van der Waals surface area contributed by atoms with Crippen LogP contribution in [0.2, 0.25) is 0 Å². The van der Waals surface area contributed by atoms with Gasteiger partial charge in [-0.3, -0.25) is 14.3 Å². The van der Waals surface area contributed by atoms with E-state index in [4.69, 9.17) is 9.79 Å². The summed E-state index contributed by atoms with van der Waals surface area (Å²) in [6, 6.07) is 6.03. The molecule has 1 rings (SSSR count). The van der Waals surface area contributed by atoms with Crippen molar-refractivity contribution < 1.29 is 19.1 Å². The summed E-state index contributed by atoms with van der Waals surface area (Å²) in [6.45, 7) is 11.3. The number of anilines is 1. The molecule has 0 radical (unpaired) electrons. The van der Waals surface area contributed by atoms with Crippen molar-refractivity contribution in [1.82, 2.24) is 4.90 Å². The molecule has 0 spiro atoms. The third-order valence-electron chi connectivity index (χ3n) is 3.01. The largest absolute Gasteiger partial charge is 0.325 e. The van der Waals surface area contributed by atoms with E-state index in [9.17, 15) is 9.36 Å². The molecular formula is C15H27N2O4P. The van der Waals surface area contributed by atoms with E-state index in [2.05, 4.69) is 24.1 Å². The summed E-state index contributed by atoms with van der Waals surface area (Å²) >= 11 is 0. The third kappa shape index (κ3) is 9.68. The zero-order chi connectivity index (χ0) is 17.3. The van der Waals surface area contributed by atoms with Gasteiger partial charge in [-0.25, -0.2) is 0 Å². The van der Waals surface area contributed by atoms with Crippen LogP contribution in [0.25, 0.3) is 0 Å². The Labute approximate surface area is 132 Å². The molecular weight excluding hydrogens is 303 g/mol. The maximum absolute atomic E-state index is 11.9. The van der Waals surface area contributed by atoms with Crippen LogP contribution in [-0.2, 0) is 9.36 Å². The van der Waals surface area contributed by atoms with Crippen LogP contribution in [0, 0.1) is 13.8 Å². The van der Waals surface area contributed by atoms with Gasteiger partial charge in [0, 0.05) is 12.4 Å². The van der Waals surface area contributed by atoms with Crippen LogP contribution in [0.15, 0.2) is 18.2 Å². The number of para-hydroxylation sites is 1. The molecule has 3 N–H and O–H groups in total. The van der Waals surface area contributed by atoms with Gasteiger partial charge < -0.3 is 15.1 Å². The Kier molecular flexibility index (Phi) is 9.21. The maximum atomic E-state index is 11.9. The van der Waals surface area contributed by atoms with Crippen molar-refractivity contribution in [3.05, 3.63) is 29.3 Å². The van der Waals surface area contributed by atoms with E-state index >= 15 is 0 Å². The lowest BCUT2D eigenvalue weighted by Gasteiger charge is -2.18. The van der Waals surface area contributed by atoms with Crippen molar-refractivity contribution >= 4 is 19.2 Å². The number of aryl methyl sites for hydroxylation is 2. The van der Waals surface area contributed by atoms with E-state index in [0.29, 0.717) is 6.54 Å². The van der Waals surface area contributed by atoms with E-state index in [1.807, 2.05) is 32.0 Å². The lowest BCUT2D eigenvalue weighted by molar-refractivity contribution is -0.117. The average molecular weight is 330 g/mol. The van der Waals surface area contributed by atoms with Crippen molar-refractivity contribution in [2.75, 3.05) is 31.6 Å². The summed E-state index contributed by atoms with van der Waals surface area (Å²) in [5.74, 6) is 0.0612. The smallest absolute Gasteiger partial charge is 0.322 e. The lowest BCUT2D eigenvalue weighted by Crippen LogP contribution is -2.33. The molecule has 0 aliphatic rings. The number of nitrogens with zero attached hydrogens (tertiary/aromatic N) is 1. The van der Waals surface area contributed by atoms with Crippen LogP contribution in [-0.4, -0.2) is 46.9 Å². The summed E-state index contributed by atoms with van der Waals surface area (Å²) < 4.78 is 9.33. The van der Waals surface area contributed by atoms with Gasteiger partial charge in [-0.2, -0.15) is 0 Å². The van der Waals surface area contributed by atoms with Gasteiger partial charge in [-0.05, 0) is 38.1 Å². The SMILES string of the molecule is CCN(CC)CC(=O)Nc1c(C)cccc1C.CP(=O)(O)O. The van der Waals surface area contributed by atoms with Gasteiger partial charge in [0.1, 0.15) is 0 Å². The first-order valence-electron chi connectivity index (χ1n) is 7.19. The van der Waals surface area contributed by atoms with Gasteiger partial charge in [0.2, 0.25) is 5.91 Å². The molecule has 0 unspecified atom stereocenters. The van der Waals surface area contributed by atoms with E-state index in [-0.39, 0.29) is 5.91 Å². The first-order chi connectivity index (χ1) is 10.1. The fourth-order valence-electron chi connectivity index (χ4n) is 1.84. The zero-order valence-corrected chi connectivity index (χ0v) is 14.9. The second-order valence-electron chi connectivity index (χ2n) is 5.11. The second-order valence-corrected chi connectivity index (χ2v) is 6.78. The molecule has 6 nitrogen and oxygen atoms in total. The molecule has 7 heteroatoms. The summed E-state index contributed by atoms with van der Waals surface area (Å²) in [7, 11) is -3.64.